The standard InChI is InChI=1S/C21H26N2O4S/c1-3-18-13-19(10-11-20(18)27-2)28(25,26)22-14-16-6-8-17(9-7-16)15-23-12-4-5-21(23)24/h6-11,13,22H,3-5,12,14-15H2,1-2H3. The smallest absolute Gasteiger partial charge is 0.240 e. The van der Waals surface area contributed by atoms with E-state index in [1.54, 1.807) is 25.3 Å². The van der Waals surface area contributed by atoms with Gasteiger partial charge in [0.25, 0.3) is 0 Å². The Labute approximate surface area is 166 Å². The summed E-state index contributed by atoms with van der Waals surface area (Å²) in [5.41, 5.74) is 2.76. The van der Waals surface area contributed by atoms with Crippen LogP contribution < -0.4 is 9.46 Å². The molecule has 1 fully saturated rings. The Morgan fingerprint density at radius 3 is 2.43 bits per heavy atom. The molecule has 1 aliphatic rings. The molecule has 2 aromatic rings. The molecule has 0 unspecified atom stereocenters. The van der Waals surface area contributed by atoms with Gasteiger partial charge in [-0.1, -0.05) is 31.2 Å². The SMILES string of the molecule is CCc1cc(S(=O)(=O)NCc2ccc(CN3CCCC3=O)cc2)ccc1OC. The fraction of sp³-hybridized carbons (Fsp3) is 0.381. The van der Waals surface area contributed by atoms with E-state index in [4.69, 9.17) is 4.74 Å². The van der Waals surface area contributed by atoms with E-state index in [-0.39, 0.29) is 17.3 Å². The summed E-state index contributed by atoms with van der Waals surface area (Å²) in [5.74, 6) is 0.885. The zero-order valence-corrected chi connectivity index (χ0v) is 17.1. The van der Waals surface area contributed by atoms with Gasteiger partial charge in [-0.25, -0.2) is 13.1 Å². The lowest BCUT2D eigenvalue weighted by Gasteiger charge is -2.15. The predicted octanol–water partition coefficient (Wildman–Crippen LogP) is 2.86. The molecule has 0 aliphatic carbocycles. The van der Waals surface area contributed by atoms with Gasteiger partial charge in [0.05, 0.1) is 12.0 Å². The number of nitrogens with zero attached hydrogens (tertiary/aromatic N) is 1. The van der Waals surface area contributed by atoms with Crippen LogP contribution in [0.25, 0.3) is 0 Å². The second-order valence-corrected chi connectivity index (χ2v) is 8.65. The van der Waals surface area contributed by atoms with Crippen molar-refractivity contribution in [3.8, 4) is 5.75 Å². The highest BCUT2D eigenvalue weighted by atomic mass is 32.2. The molecule has 1 saturated heterocycles. The Bertz CT molecular complexity index is 939. The zero-order chi connectivity index (χ0) is 20.1. The normalized spacial score (nSPS) is 14.5. The number of carbonyl (C=O) groups excluding carboxylic acids is 1. The average molecular weight is 403 g/mol. The summed E-state index contributed by atoms with van der Waals surface area (Å²) in [4.78, 5) is 13.8. The minimum Gasteiger partial charge on any atom is -0.496 e. The van der Waals surface area contributed by atoms with Gasteiger partial charge >= 0.3 is 0 Å². The highest BCUT2D eigenvalue weighted by Gasteiger charge is 2.20. The maximum Gasteiger partial charge on any atom is 0.240 e. The molecule has 3 rings (SSSR count). The van der Waals surface area contributed by atoms with Crippen molar-refractivity contribution in [2.75, 3.05) is 13.7 Å². The second-order valence-electron chi connectivity index (χ2n) is 6.89. The van der Waals surface area contributed by atoms with Crippen molar-refractivity contribution in [2.24, 2.45) is 0 Å². The molecule has 7 heteroatoms. The Hall–Kier alpha value is -2.38. The van der Waals surface area contributed by atoms with Crippen LogP contribution in [0, 0.1) is 0 Å². The molecular formula is C21H26N2O4S. The molecule has 1 N–H and O–H groups in total. The molecule has 0 bridgehead atoms. The van der Waals surface area contributed by atoms with Crippen molar-refractivity contribution in [1.82, 2.24) is 9.62 Å². The summed E-state index contributed by atoms with van der Waals surface area (Å²) >= 11 is 0. The van der Waals surface area contributed by atoms with E-state index in [0.717, 1.165) is 29.7 Å². The fourth-order valence-corrected chi connectivity index (χ4v) is 4.38. The number of sulfonamides is 1. The molecule has 2 aromatic carbocycles. The van der Waals surface area contributed by atoms with Gasteiger partial charge in [-0.3, -0.25) is 4.79 Å². The van der Waals surface area contributed by atoms with Crippen molar-refractivity contribution < 1.29 is 17.9 Å². The fourth-order valence-electron chi connectivity index (χ4n) is 3.31. The first-order chi connectivity index (χ1) is 13.4. The van der Waals surface area contributed by atoms with Gasteiger partial charge in [-0.15, -0.1) is 0 Å². The van der Waals surface area contributed by atoms with E-state index >= 15 is 0 Å². The largest absolute Gasteiger partial charge is 0.496 e. The number of benzene rings is 2. The molecule has 1 amide bonds. The zero-order valence-electron chi connectivity index (χ0n) is 16.3. The number of nitrogens with one attached hydrogen (secondary N) is 1. The van der Waals surface area contributed by atoms with Gasteiger partial charge in [0.15, 0.2) is 0 Å². The van der Waals surface area contributed by atoms with Crippen LogP contribution in [0.2, 0.25) is 0 Å². The molecule has 28 heavy (non-hydrogen) atoms. The second kappa shape index (κ2) is 8.75. The third-order valence-corrected chi connectivity index (χ3v) is 6.38. The van der Waals surface area contributed by atoms with E-state index in [1.807, 2.05) is 36.1 Å². The first-order valence-electron chi connectivity index (χ1n) is 9.45. The number of carbonyl (C=O) groups is 1. The summed E-state index contributed by atoms with van der Waals surface area (Å²) in [6, 6.07) is 12.6. The van der Waals surface area contributed by atoms with Gasteiger partial charge in [-0.2, -0.15) is 0 Å². The molecule has 150 valence electrons. The van der Waals surface area contributed by atoms with Crippen molar-refractivity contribution in [3.05, 3.63) is 59.2 Å². The van der Waals surface area contributed by atoms with Gasteiger partial charge in [0.1, 0.15) is 5.75 Å². The van der Waals surface area contributed by atoms with Crippen LogP contribution in [-0.2, 0) is 34.3 Å². The van der Waals surface area contributed by atoms with Gasteiger partial charge < -0.3 is 9.64 Å². The lowest BCUT2D eigenvalue weighted by molar-refractivity contribution is -0.128. The highest BCUT2D eigenvalue weighted by Crippen LogP contribution is 2.23. The van der Waals surface area contributed by atoms with Crippen LogP contribution in [0.4, 0.5) is 0 Å². The van der Waals surface area contributed by atoms with Gasteiger partial charge in [0.2, 0.25) is 15.9 Å². The maximum atomic E-state index is 12.6. The van der Waals surface area contributed by atoms with Crippen LogP contribution in [0.5, 0.6) is 5.75 Å². The molecule has 0 saturated carbocycles. The van der Waals surface area contributed by atoms with E-state index in [2.05, 4.69) is 4.72 Å². The topological polar surface area (TPSA) is 75.7 Å². The molecule has 0 atom stereocenters. The van der Waals surface area contributed by atoms with E-state index in [0.29, 0.717) is 25.1 Å². The number of amides is 1. The van der Waals surface area contributed by atoms with Crippen molar-refractivity contribution >= 4 is 15.9 Å². The lowest BCUT2D eigenvalue weighted by Crippen LogP contribution is -2.24. The number of rotatable bonds is 8. The van der Waals surface area contributed by atoms with E-state index in [9.17, 15) is 13.2 Å². The van der Waals surface area contributed by atoms with E-state index in [1.165, 1.54) is 0 Å². The van der Waals surface area contributed by atoms with Crippen LogP contribution in [0.1, 0.15) is 36.5 Å². The molecule has 6 nitrogen and oxygen atoms in total. The average Bonchev–Trinajstić information content (AvgIpc) is 3.11. The Morgan fingerprint density at radius 2 is 1.82 bits per heavy atom. The van der Waals surface area contributed by atoms with Crippen molar-refractivity contribution in [3.63, 3.8) is 0 Å². The Morgan fingerprint density at radius 1 is 1.11 bits per heavy atom. The lowest BCUT2D eigenvalue weighted by atomic mass is 10.1. The number of hydrogen-bond acceptors (Lipinski definition) is 4. The number of hydrogen-bond donors (Lipinski definition) is 1. The number of aryl methyl sites for hydroxylation is 1. The van der Waals surface area contributed by atoms with Crippen molar-refractivity contribution in [2.45, 2.75) is 44.2 Å². The monoisotopic (exact) mass is 402 g/mol. The summed E-state index contributed by atoms with van der Waals surface area (Å²) in [6.45, 7) is 3.58. The first-order valence-corrected chi connectivity index (χ1v) is 10.9. The number of methoxy groups -OCH3 is 1. The maximum absolute atomic E-state index is 12.6. The van der Waals surface area contributed by atoms with Crippen LogP contribution in [0.3, 0.4) is 0 Å². The summed E-state index contributed by atoms with van der Waals surface area (Å²) in [5, 5.41) is 0. The molecule has 1 heterocycles. The molecule has 0 spiro atoms. The van der Waals surface area contributed by atoms with Gasteiger partial charge in [-0.05, 0) is 47.7 Å². The minimum absolute atomic E-state index is 0.197. The molecular weight excluding hydrogens is 376 g/mol. The van der Waals surface area contributed by atoms with Crippen LogP contribution >= 0.6 is 0 Å². The quantitative estimate of drug-likeness (QED) is 0.737. The van der Waals surface area contributed by atoms with Crippen LogP contribution in [0.15, 0.2) is 47.4 Å². The predicted molar refractivity (Wildman–Crippen MR) is 107 cm³/mol. The third kappa shape index (κ3) is 4.72. The van der Waals surface area contributed by atoms with Crippen LogP contribution in [-0.4, -0.2) is 32.9 Å². The summed E-state index contributed by atoms with van der Waals surface area (Å²) in [6.07, 6.45) is 2.24. The highest BCUT2D eigenvalue weighted by molar-refractivity contribution is 7.89. The Balaban J connectivity index is 1.63. The number of likely N-dealkylation sites (tertiary alicyclic amines) is 1. The molecule has 1 aliphatic heterocycles. The molecule has 0 radical (unpaired) electrons. The summed E-state index contributed by atoms with van der Waals surface area (Å²) < 4.78 is 33.1. The number of ether oxygens (including phenoxy) is 1. The van der Waals surface area contributed by atoms with E-state index < -0.39 is 10.0 Å². The third-order valence-electron chi connectivity index (χ3n) is 4.98. The van der Waals surface area contributed by atoms with Crippen molar-refractivity contribution in [1.29, 1.82) is 0 Å². The first kappa shape index (κ1) is 20.4. The van der Waals surface area contributed by atoms with Gasteiger partial charge in [0, 0.05) is 26.1 Å². The summed E-state index contributed by atoms with van der Waals surface area (Å²) in [7, 11) is -2.04. The Kier molecular flexibility index (Phi) is 6.36. The molecule has 0 aromatic heterocycles. The minimum atomic E-state index is -3.61.